The molecule has 0 aliphatic carbocycles. The van der Waals surface area contributed by atoms with Gasteiger partial charge in [0.05, 0.1) is 12.6 Å². The van der Waals surface area contributed by atoms with E-state index in [0.29, 0.717) is 19.1 Å². The summed E-state index contributed by atoms with van der Waals surface area (Å²) in [6.07, 6.45) is 1.26. The van der Waals surface area contributed by atoms with Gasteiger partial charge in [-0.25, -0.2) is 9.67 Å². The van der Waals surface area contributed by atoms with Crippen molar-refractivity contribution in [2.75, 3.05) is 13.6 Å². The van der Waals surface area contributed by atoms with Gasteiger partial charge in [-0.1, -0.05) is 0 Å². The highest BCUT2D eigenvalue weighted by molar-refractivity contribution is 4.86. The van der Waals surface area contributed by atoms with Crippen LogP contribution in [0.25, 0.3) is 0 Å². The van der Waals surface area contributed by atoms with Crippen LogP contribution >= 0.6 is 0 Å². The molecule has 0 bridgehead atoms. The largest absolute Gasteiger partial charge is 0.392 e. The zero-order chi connectivity index (χ0) is 11.4. The van der Waals surface area contributed by atoms with Crippen LogP contribution in [0.5, 0.6) is 0 Å². The van der Waals surface area contributed by atoms with Crippen molar-refractivity contribution in [1.82, 2.24) is 19.7 Å². The summed E-state index contributed by atoms with van der Waals surface area (Å²) in [7, 11) is 1.96. The second-order valence-corrected chi connectivity index (χ2v) is 4.26. The van der Waals surface area contributed by atoms with Crippen molar-refractivity contribution in [2.45, 2.75) is 39.5 Å². The highest BCUT2D eigenvalue weighted by Gasteiger charge is 2.10. The average Bonchev–Trinajstić information content (AvgIpc) is 2.50. The fraction of sp³-hybridized carbons (Fsp3) is 0.800. The molecule has 0 aromatic carbocycles. The average molecular weight is 212 g/mol. The zero-order valence-corrected chi connectivity index (χ0v) is 9.88. The predicted octanol–water partition coefficient (Wildman–Crippen LogP) is 0.672. The van der Waals surface area contributed by atoms with Crippen LogP contribution < -0.4 is 0 Å². The minimum Gasteiger partial charge on any atom is -0.392 e. The van der Waals surface area contributed by atoms with Crippen molar-refractivity contribution in [3.63, 3.8) is 0 Å². The van der Waals surface area contributed by atoms with Crippen LogP contribution in [0.15, 0.2) is 6.33 Å². The lowest BCUT2D eigenvalue weighted by atomic mass is 10.3. The maximum absolute atomic E-state index is 9.25. The first-order valence-corrected chi connectivity index (χ1v) is 5.25. The van der Waals surface area contributed by atoms with E-state index in [4.69, 9.17) is 0 Å². The van der Waals surface area contributed by atoms with Gasteiger partial charge in [0.1, 0.15) is 12.2 Å². The van der Waals surface area contributed by atoms with Crippen molar-refractivity contribution in [3.8, 4) is 0 Å². The Morgan fingerprint density at radius 2 is 2.13 bits per heavy atom. The Labute approximate surface area is 90.7 Å². The van der Waals surface area contributed by atoms with Gasteiger partial charge in [0.25, 0.3) is 0 Å². The van der Waals surface area contributed by atoms with Crippen LogP contribution in [0, 0.1) is 0 Å². The van der Waals surface area contributed by atoms with Gasteiger partial charge >= 0.3 is 0 Å². The monoisotopic (exact) mass is 212 g/mol. The van der Waals surface area contributed by atoms with Gasteiger partial charge < -0.3 is 5.11 Å². The van der Waals surface area contributed by atoms with Crippen molar-refractivity contribution in [3.05, 3.63) is 12.2 Å². The Kier molecular flexibility index (Phi) is 4.23. The molecule has 5 nitrogen and oxygen atoms in total. The molecule has 0 aliphatic heterocycles. The molecule has 1 unspecified atom stereocenters. The maximum atomic E-state index is 9.25. The molecule has 1 aromatic heterocycles. The maximum Gasteiger partial charge on any atom is 0.141 e. The molecule has 1 heterocycles. The molecular weight excluding hydrogens is 192 g/mol. The van der Waals surface area contributed by atoms with Crippen molar-refractivity contribution in [2.24, 2.45) is 0 Å². The molecule has 0 amide bonds. The molecule has 1 aromatic rings. The molecular formula is C10H20N4O. The third-order valence-electron chi connectivity index (χ3n) is 2.12. The highest BCUT2D eigenvalue weighted by atomic mass is 16.3. The summed E-state index contributed by atoms with van der Waals surface area (Å²) >= 11 is 0. The Hall–Kier alpha value is -0.940. The van der Waals surface area contributed by atoms with Gasteiger partial charge in [0.15, 0.2) is 0 Å². The molecule has 0 radical (unpaired) electrons. The summed E-state index contributed by atoms with van der Waals surface area (Å²) in [4.78, 5) is 6.25. The van der Waals surface area contributed by atoms with Gasteiger partial charge in [0, 0.05) is 12.6 Å². The Morgan fingerprint density at radius 1 is 1.47 bits per heavy atom. The Bertz CT molecular complexity index is 295. The standard InChI is InChI=1S/C10H20N4O/c1-8(2)14-10(11-7-12-14)6-13(4)5-9(3)15/h7-9,15H,5-6H2,1-4H3. The van der Waals surface area contributed by atoms with E-state index in [9.17, 15) is 5.11 Å². The SMILES string of the molecule is CC(O)CN(C)Cc1ncnn1C(C)C. The number of hydrogen-bond donors (Lipinski definition) is 1. The second-order valence-electron chi connectivity index (χ2n) is 4.26. The lowest BCUT2D eigenvalue weighted by molar-refractivity contribution is 0.136. The Balaban J connectivity index is 2.60. The van der Waals surface area contributed by atoms with E-state index < -0.39 is 0 Å². The molecule has 1 atom stereocenters. The van der Waals surface area contributed by atoms with E-state index in [1.807, 2.05) is 16.6 Å². The lowest BCUT2D eigenvalue weighted by Crippen LogP contribution is -2.28. The van der Waals surface area contributed by atoms with Crippen LogP contribution in [0.1, 0.15) is 32.6 Å². The first kappa shape index (κ1) is 12.1. The second kappa shape index (κ2) is 5.23. The number of aliphatic hydroxyl groups excluding tert-OH is 1. The lowest BCUT2D eigenvalue weighted by Gasteiger charge is -2.18. The zero-order valence-electron chi connectivity index (χ0n) is 9.88. The van der Waals surface area contributed by atoms with E-state index >= 15 is 0 Å². The van der Waals surface area contributed by atoms with E-state index in [-0.39, 0.29) is 6.10 Å². The minimum absolute atomic E-state index is 0.314. The smallest absolute Gasteiger partial charge is 0.141 e. The molecule has 0 saturated heterocycles. The van der Waals surface area contributed by atoms with Crippen molar-refractivity contribution >= 4 is 0 Å². The summed E-state index contributed by atoms with van der Waals surface area (Å²) in [6, 6.07) is 0.322. The number of aromatic nitrogens is 3. The number of nitrogens with zero attached hydrogens (tertiary/aromatic N) is 4. The van der Waals surface area contributed by atoms with Crippen LogP contribution in [-0.2, 0) is 6.54 Å². The van der Waals surface area contributed by atoms with Gasteiger partial charge in [-0.3, -0.25) is 4.90 Å². The molecule has 1 rings (SSSR count). The predicted molar refractivity (Wildman–Crippen MR) is 58.4 cm³/mol. The molecule has 0 fully saturated rings. The summed E-state index contributed by atoms with van der Waals surface area (Å²) in [5.74, 6) is 0.938. The quantitative estimate of drug-likeness (QED) is 0.779. The van der Waals surface area contributed by atoms with Crippen LogP contribution in [0.4, 0.5) is 0 Å². The third-order valence-corrected chi connectivity index (χ3v) is 2.12. The number of aliphatic hydroxyl groups is 1. The normalized spacial score (nSPS) is 13.8. The summed E-state index contributed by atoms with van der Waals surface area (Å²) < 4.78 is 1.90. The molecule has 86 valence electrons. The summed E-state index contributed by atoms with van der Waals surface area (Å²) in [6.45, 7) is 7.29. The van der Waals surface area contributed by atoms with E-state index in [1.165, 1.54) is 0 Å². The third kappa shape index (κ3) is 3.60. The van der Waals surface area contributed by atoms with Gasteiger partial charge in [0.2, 0.25) is 0 Å². The van der Waals surface area contributed by atoms with E-state index in [2.05, 4.69) is 23.9 Å². The van der Waals surface area contributed by atoms with Gasteiger partial charge in [-0.15, -0.1) is 0 Å². The van der Waals surface area contributed by atoms with E-state index in [0.717, 1.165) is 5.82 Å². The van der Waals surface area contributed by atoms with Gasteiger partial charge in [-0.2, -0.15) is 5.10 Å². The number of rotatable bonds is 5. The Morgan fingerprint density at radius 3 is 2.67 bits per heavy atom. The van der Waals surface area contributed by atoms with Crippen LogP contribution in [-0.4, -0.2) is 44.5 Å². The number of likely N-dealkylation sites (N-methyl/N-ethyl adjacent to an activating group) is 1. The molecule has 0 aliphatic rings. The first-order valence-electron chi connectivity index (χ1n) is 5.25. The molecule has 5 heteroatoms. The number of hydrogen-bond acceptors (Lipinski definition) is 4. The van der Waals surface area contributed by atoms with Gasteiger partial charge in [-0.05, 0) is 27.8 Å². The fourth-order valence-electron chi connectivity index (χ4n) is 1.58. The fourth-order valence-corrected chi connectivity index (χ4v) is 1.58. The van der Waals surface area contributed by atoms with E-state index in [1.54, 1.807) is 13.3 Å². The molecule has 1 N–H and O–H groups in total. The van der Waals surface area contributed by atoms with Crippen LogP contribution in [0.2, 0.25) is 0 Å². The molecule has 0 saturated carbocycles. The highest BCUT2D eigenvalue weighted by Crippen LogP contribution is 2.07. The van der Waals surface area contributed by atoms with Crippen molar-refractivity contribution < 1.29 is 5.11 Å². The van der Waals surface area contributed by atoms with Crippen LogP contribution in [0.3, 0.4) is 0 Å². The summed E-state index contributed by atoms with van der Waals surface area (Å²) in [5.41, 5.74) is 0. The topological polar surface area (TPSA) is 54.2 Å². The minimum atomic E-state index is -0.314. The first-order chi connectivity index (χ1) is 7.00. The van der Waals surface area contributed by atoms with Crippen molar-refractivity contribution in [1.29, 1.82) is 0 Å². The summed E-state index contributed by atoms with van der Waals surface area (Å²) in [5, 5.41) is 13.4. The molecule has 0 spiro atoms. The molecule has 15 heavy (non-hydrogen) atoms.